The van der Waals surface area contributed by atoms with Gasteiger partial charge in [-0.15, -0.1) is 0 Å². The summed E-state index contributed by atoms with van der Waals surface area (Å²) >= 11 is 0. The van der Waals surface area contributed by atoms with Gasteiger partial charge in [-0.2, -0.15) is 5.10 Å². The summed E-state index contributed by atoms with van der Waals surface area (Å²) in [5.74, 6) is 1.57. The van der Waals surface area contributed by atoms with E-state index in [0.29, 0.717) is 12.6 Å². The van der Waals surface area contributed by atoms with Crippen molar-refractivity contribution < 1.29 is 14.3 Å². The number of carbonyl (C=O) groups is 1. The predicted octanol–water partition coefficient (Wildman–Crippen LogP) is 3.75. The number of aromatic nitrogens is 2. The first kappa shape index (κ1) is 18.6. The number of aryl methyl sites for hydroxylation is 2. The lowest BCUT2D eigenvalue weighted by Crippen LogP contribution is -2.37. The Morgan fingerprint density at radius 1 is 1.25 bits per heavy atom. The topological polar surface area (TPSA) is 56.6 Å². The number of fused-ring (bicyclic) bond motifs is 1. The first-order valence-electron chi connectivity index (χ1n) is 9.90. The Hall–Kier alpha value is -2.76. The molecule has 1 aliphatic carbocycles. The largest absolute Gasteiger partial charge is 0.454 e. The van der Waals surface area contributed by atoms with Crippen molar-refractivity contribution in [3.05, 3.63) is 46.8 Å². The maximum Gasteiger partial charge on any atom is 0.247 e. The molecule has 0 saturated heterocycles. The third-order valence-electron chi connectivity index (χ3n) is 5.80. The molecule has 1 aliphatic heterocycles. The third-order valence-corrected chi connectivity index (χ3v) is 5.80. The second kappa shape index (κ2) is 7.70. The van der Waals surface area contributed by atoms with E-state index in [-0.39, 0.29) is 12.7 Å². The third kappa shape index (κ3) is 3.63. The van der Waals surface area contributed by atoms with Crippen LogP contribution in [-0.4, -0.2) is 33.4 Å². The minimum atomic E-state index is 0.0484. The summed E-state index contributed by atoms with van der Waals surface area (Å²) in [5.41, 5.74) is 4.08. The number of ether oxygens (including phenoxy) is 2. The lowest BCUT2D eigenvalue weighted by molar-refractivity contribution is -0.128. The van der Waals surface area contributed by atoms with Gasteiger partial charge in [0.05, 0.1) is 5.69 Å². The molecule has 0 spiro atoms. The standard InChI is InChI=1S/C22H27N3O3/c1-15-19(16(2)24(3)23-15)9-11-22(26)25(18-6-4-5-7-18)13-17-8-10-20-21(12-17)28-14-27-20/h8-12,18H,4-7,13-14H2,1-3H3/b11-9+. The number of hydrogen-bond acceptors (Lipinski definition) is 4. The summed E-state index contributed by atoms with van der Waals surface area (Å²) in [6, 6.07) is 6.21. The van der Waals surface area contributed by atoms with Gasteiger partial charge in [-0.1, -0.05) is 18.9 Å². The van der Waals surface area contributed by atoms with Crippen LogP contribution in [0.5, 0.6) is 11.5 Å². The molecular formula is C22H27N3O3. The second-order valence-electron chi connectivity index (χ2n) is 7.63. The van der Waals surface area contributed by atoms with Crippen LogP contribution in [0, 0.1) is 13.8 Å². The zero-order valence-electron chi connectivity index (χ0n) is 16.8. The molecule has 1 amide bonds. The van der Waals surface area contributed by atoms with Gasteiger partial charge >= 0.3 is 0 Å². The van der Waals surface area contributed by atoms with Crippen LogP contribution in [-0.2, 0) is 18.4 Å². The fourth-order valence-electron chi connectivity index (χ4n) is 4.12. The summed E-state index contributed by atoms with van der Waals surface area (Å²) in [5, 5.41) is 4.43. The Morgan fingerprint density at radius 2 is 2.00 bits per heavy atom. The smallest absolute Gasteiger partial charge is 0.247 e. The average molecular weight is 381 g/mol. The zero-order valence-corrected chi connectivity index (χ0v) is 16.8. The second-order valence-corrected chi connectivity index (χ2v) is 7.63. The van der Waals surface area contributed by atoms with Crippen LogP contribution in [0.4, 0.5) is 0 Å². The monoisotopic (exact) mass is 381 g/mol. The highest BCUT2D eigenvalue weighted by molar-refractivity contribution is 5.92. The fraction of sp³-hybridized carbons (Fsp3) is 0.455. The van der Waals surface area contributed by atoms with E-state index in [9.17, 15) is 4.79 Å². The molecule has 0 unspecified atom stereocenters. The molecule has 28 heavy (non-hydrogen) atoms. The Kier molecular flexibility index (Phi) is 5.11. The number of hydrogen-bond donors (Lipinski definition) is 0. The van der Waals surface area contributed by atoms with Crippen LogP contribution in [0.25, 0.3) is 6.08 Å². The maximum atomic E-state index is 13.1. The Labute approximate surface area is 165 Å². The van der Waals surface area contributed by atoms with Crippen molar-refractivity contribution >= 4 is 12.0 Å². The molecule has 0 radical (unpaired) electrons. The minimum absolute atomic E-state index is 0.0484. The van der Waals surface area contributed by atoms with Crippen molar-refractivity contribution in [1.82, 2.24) is 14.7 Å². The fourth-order valence-corrected chi connectivity index (χ4v) is 4.12. The normalized spacial score (nSPS) is 16.2. The molecule has 0 N–H and O–H groups in total. The van der Waals surface area contributed by atoms with Gasteiger partial charge in [0.1, 0.15) is 0 Å². The van der Waals surface area contributed by atoms with Gasteiger partial charge in [0.15, 0.2) is 11.5 Å². The van der Waals surface area contributed by atoms with E-state index in [0.717, 1.165) is 46.9 Å². The van der Waals surface area contributed by atoms with E-state index in [4.69, 9.17) is 9.47 Å². The van der Waals surface area contributed by atoms with Crippen LogP contribution >= 0.6 is 0 Å². The van der Waals surface area contributed by atoms with E-state index < -0.39 is 0 Å². The van der Waals surface area contributed by atoms with Crippen molar-refractivity contribution in [3.8, 4) is 11.5 Å². The number of rotatable bonds is 5. The SMILES string of the molecule is Cc1nn(C)c(C)c1/C=C/C(=O)N(Cc1ccc2c(c1)OCO2)C1CCCC1. The highest BCUT2D eigenvalue weighted by atomic mass is 16.7. The molecule has 0 atom stereocenters. The molecule has 2 aliphatic rings. The van der Waals surface area contributed by atoms with Crippen molar-refractivity contribution in [2.45, 2.75) is 52.1 Å². The predicted molar refractivity (Wildman–Crippen MR) is 107 cm³/mol. The van der Waals surface area contributed by atoms with Crippen LogP contribution in [0.15, 0.2) is 24.3 Å². The number of nitrogens with zero attached hydrogens (tertiary/aromatic N) is 3. The number of benzene rings is 1. The van der Waals surface area contributed by atoms with Crippen molar-refractivity contribution in [2.24, 2.45) is 7.05 Å². The van der Waals surface area contributed by atoms with Crippen LogP contribution in [0.3, 0.4) is 0 Å². The highest BCUT2D eigenvalue weighted by Crippen LogP contribution is 2.33. The molecule has 1 aromatic carbocycles. The molecule has 148 valence electrons. The molecule has 1 saturated carbocycles. The van der Waals surface area contributed by atoms with Crippen LogP contribution < -0.4 is 9.47 Å². The molecule has 1 aromatic heterocycles. The summed E-state index contributed by atoms with van der Waals surface area (Å²) < 4.78 is 12.7. The first-order chi connectivity index (χ1) is 13.5. The lowest BCUT2D eigenvalue weighted by Gasteiger charge is -2.28. The van der Waals surface area contributed by atoms with Gasteiger partial charge in [-0.3, -0.25) is 9.48 Å². The van der Waals surface area contributed by atoms with Gasteiger partial charge in [-0.05, 0) is 50.5 Å². The first-order valence-corrected chi connectivity index (χ1v) is 9.90. The summed E-state index contributed by atoms with van der Waals surface area (Å²) in [7, 11) is 1.92. The van der Waals surface area contributed by atoms with E-state index in [1.54, 1.807) is 6.08 Å². The molecular weight excluding hydrogens is 354 g/mol. The van der Waals surface area contributed by atoms with Crippen LogP contribution in [0.1, 0.15) is 48.2 Å². The van der Waals surface area contributed by atoms with Gasteiger partial charge in [0.25, 0.3) is 0 Å². The van der Waals surface area contributed by atoms with E-state index in [2.05, 4.69) is 5.10 Å². The van der Waals surface area contributed by atoms with Gasteiger partial charge in [0.2, 0.25) is 12.7 Å². The molecule has 0 bridgehead atoms. The Bertz CT molecular complexity index is 910. The molecule has 2 aromatic rings. The molecule has 6 heteroatoms. The number of amides is 1. The molecule has 2 heterocycles. The van der Waals surface area contributed by atoms with Gasteiger partial charge in [0, 0.05) is 37.0 Å². The average Bonchev–Trinajstić information content (AvgIpc) is 3.40. The van der Waals surface area contributed by atoms with Crippen molar-refractivity contribution in [2.75, 3.05) is 6.79 Å². The summed E-state index contributed by atoms with van der Waals surface area (Å²) in [4.78, 5) is 15.1. The van der Waals surface area contributed by atoms with E-state index in [1.807, 2.05) is 54.8 Å². The minimum Gasteiger partial charge on any atom is -0.454 e. The lowest BCUT2D eigenvalue weighted by atomic mass is 10.1. The zero-order chi connectivity index (χ0) is 19.7. The molecule has 6 nitrogen and oxygen atoms in total. The molecule has 4 rings (SSSR count). The van der Waals surface area contributed by atoms with E-state index >= 15 is 0 Å². The van der Waals surface area contributed by atoms with Gasteiger partial charge in [-0.25, -0.2) is 0 Å². The summed E-state index contributed by atoms with van der Waals surface area (Å²) in [6.07, 6.45) is 8.09. The quantitative estimate of drug-likeness (QED) is 0.740. The Balaban J connectivity index is 1.55. The number of carbonyl (C=O) groups excluding carboxylic acids is 1. The van der Waals surface area contributed by atoms with Gasteiger partial charge < -0.3 is 14.4 Å². The van der Waals surface area contributed by atoms with Crippen molar-refractivity contribution in [1.29, 1.82) is 0 Å². The van der Waals surface area contributed by atoms with E-state index in [1.165, 1.54) is 12.8 Å². The Morgan fingerprint density at radius 3 is 2.71 bits per heavy atom. The maximum absolute atomic E-state index is 13.1. The highest BCUT2D eigenvalue weighted by Gasteiger charge is 2.26. The summed E-state index contributed by atoms with van der Waals surface area (Å²) in [6.45, 7) is 4.83. The van der Waals surface area contributed by atoms with Crippen molar-refractivity contribution in [3.63, 3.8) is 0 Å². The molecule has 1 fully saturated rings. The van der Waals surface area contributed by atoms with Crippen LogP contribution in [0.2, 0.25) is 0 Å².